The van der Waals surface area contributed by atoms with Gasteiger partial charge in [0.1, 0.15) is 16.7 Å². The van der Waals surface area contributed by atoms with Gasteiger partial charge >= 0.3 is 0 Å². The van der Waals surface area contributed by atoms with Crippen LogP contribution < -0.4 is 4.74 Å². The fraction of sp³-hybridized carbons (Fsp3) is 0.100. The third-order valence-corrected chi connectivity index (χ3v) is 2.95. The third-order valence-electron chi connectivity index (χ3n) is 1.91. The molecule has 0 aliphatic heterocycles. The minimum absolute atomic E-state index is 0.204. The van der Waals surface area contributed by atoms with Crippen LogP contribution in [0, 0.1) is 6.92 Å². The number of benzene rings is 1. The number of hydrogen-bond donors (Lipinski definition) is 1. The Labute approximate surface area is 95.9 Å². The van der Waals surface area contributed by atoms with Gasteiger partial charge in [0.05, 0.1) is 0 Å². The zero-order chi connectivity index (χ0) is 10.8. The third kappa shape index (κ3) is 2.22. The Morgan fingerprint density at radius 1 is 1.47 bits per heavy atom. The van der Waals surface area contributed by atoms with Crippen molar-refractivity contribution in [1.82, 2.24) is 4.98 Å². The summed E-state index contributed by atoms with van der Waals surface area (Å²) in [6.45, 7) is 1.78. The predicted octanol–water partition coefficient (Wildman–Crippen LogP) is 3.60. The van der Waals surface area contributed by atoms with E-state index in [1.807, 2.05) is 0 Å². The zero-order valence-corrected chi connectivity index (χ0v) is 9.47. The van der Waals surface area contributed by atoms with Crippen molar-refractivity contribution in [2.75, 3.05) is 0 Å². The van der Waals surface area contributed by atoms with E-state index in [-0.39, 0.29) is 5.75 Å². The van der Waals surface area contributed by atoms with E-state index in [0.717, 1.165) is 0 Å². The Hall–Kier alpha value is -1.26. The van der Waals surface area contributed by atoms with Gasteiger partial charge in [-0.3, -0.25) is 0 Å². The number of aromatic hydroxyl groups is 1. The van der Waals surface area contributed by atoms with Crippen LogP contribution in [-0.4, -0.2) is 10.1 Å². The van der Waals surface area contributed by atoms with E-state index in [1.165, 1.54) is 11.3 Å². The lowest BCUT2D eigenvalue weighted by Gasteiger charge is -2.06. The molecule has 0 bridgehead atoms. The quantitative estimate of drug-likeness (QED) is 0.874. The molecule has 0 amide bonds. The molecule has 3 nitrogen and oxygen atoms in total. The predicted molar refractivity (Wildman–Crippen MR) is 60.0 cm³/mol. The number of thiazole rings is 1. The van der Waals surface area contributed by atoms with Crippen LogP contribution in [0.4, 0.5) is 0 Å². The molecular weight excluding hydrogens is 234 g/mol. The molecule has 0 atom stereocenters. The molecule has 2 rings (SSSR count). The molecule has 0 aliphatic carbocycles. The van der Waals surface area contributed by atoms with Gasteiger partial charge in [-0.2, -0.15) is 4.98 Å². The highest BCUT2D eigenvalue weighted by molar-refractivity contribution is 7.11. The van der Waals surface area contributed by atoms with Crippen molar-refractivity contribution in [2.24, 2.45) is 0 Å². The number of halogens is 1. The molecule has 1 aromatic heterocycles. The van der Waals surface area contributed by atoms with Gasteiger partial charge in [0.2, 0.25) is 0 Å². The second-order valence-corrected chi connectivity index (χ2v) is 4.15. The smallest absolute Gasteiger partial charge is 0.280 e. The molecule has 5 heteroatoms. The molecule has 78 valence electrons. The van der Waals surface area contributed by atoms with Crippen LogP contribution >= 0.6 is 22.9 Å². The molecule has 0 aliphatic rings. The van der Waals surface area contributed by atoms with E-state index >= 15 is 0 Å². The molecule has 0 unspecified atom stereocenters. The zero-order valence-electron chi connectivity index (χ0n) is 7.90. The lowest BCUT2D eigenvalue weighted by atomic mass is 10.2. The number of ether oxygens (including phenoxy) is 1. The fourth-order valence-electron chi connectivity index (χ4n) is 1.09. The number of rotatable bonds is 2. The van der Waals surface area contributed by atoms with Crippen molar-refractivity contribution < 1.29 is 9.84 Å². The molecule has 0 spiro atoms. The number of nitrogens with zero attached hydrogens (tertiary/aromatic N) is 1. The maximum Gasteiger partial charge on any atom is 0.280 e. The van der Waals surface area contributed by atoms with Crippen molar-refractivity contribution in [3.05, 3.63) is 34.3 Å². The molecule has 1 aromatic carbocycles. The Morgan fingerprint density at radius 3 is 2.93 bits per heavy atom. The minimum atomic E-state index is 0.204. The standard InChI is InChI=1S/C10H8ClNO2S/c1-6-7(13)3-2-4-8(6)14-10-12-9(11)5-15-10/h2-5,13H,1H3. The minimum Gasteiger partial charge on any atom is -0.508 e. The summed E-state index contributed by atoms with van der Waals surface area (Å²) in [5.41, 5.74) is 0.684. The van der Waals surface area contributed by atoms with Crippen LogP contribution in [0.1, 0.15) is 5.56 Å². The van der Waals surface area contributed by atoms with E-state index in [9.17, 15) is 5.11 Å². The Bertz CT molecular complexity index is 484. The monoisotopic (exact) mass is 241 g/mol. The number of aromatic nitrogens is 1. The molecule has 1 N–H and O–H groups in total. The maximum atomic E-state index is 9.46. The maximum absolute atomic E-state index is 9.46. The van der Waals surface area contributed by atoms with E-state index < -0.39 is 0 Å². The van der Waals surface area contributed by atoms with E-state index in [4.69, 9.17) is 16.3 Å². The van der Waals surface area contributed by atoms with Gasteiger partial charge in [-0.25, -0.2) is 0 Å². The van der Waals surface area contributed by atoms with Gasteiger partial charge in [-0.1, -0.05) is 29.0 Å². The average Bonchev–Trinajstić information content (AvgIpc) is 2.59. The Kier molecular flexibility index (Phi) is 2.79. The molecule has 15 heavy (non-hydrogen) atoms. The van der Waals surface area contributed by atoms with Gasteiger partial charge in [0.25, 0.3) is 5.19 Å². The molecule has 2 aromatic rings. The highest BCUT2D eigenvalue weighted by Crippen LogP contribution is 2.32. The SMILES string of the molecule is Cc1c(O)cccc1Oc1nc(Cl)cs1. The van der Waals surface area contributed by atoms with Gasteiger partial charge in [0, 0.05) is 10.9 Å². The van der Waals surface area contributed by atoms with E-state index in [1.54, 1.807) is 30.5 Å². The average molecular weight is 242 g/mol. The first kappa shape index (κ1) is 10.3. The van der Waals surface area contributed by atoms with E-state index in [0.29, 0.717) is 21.7 Å². The second kappa shape index (κ2) is 4.08. The molecule has 0 radical (unpaired) electrons. The topological polar surface area (TPSA) is 42.4 Å². The highest BCUT2D eigenvalue weighted by atomic mass is 35.5. The number of phenolic OH excluding ortho intramolecular Hbond substituents is 1. The summed E-state index contributed by atoms with van der Waals surface area (Å²) < 4.78 is 5.47. The molecule has 0 saturated carbocycles. The van der Waals surface area contributed by atoms with Gasteiger partial charge in [0.15, 0.2) is 0 Å². The normalized spacial score (nSPS) is 10.3. The van der Waals surface area contributed by atoms with E-state index in [2.05, 4.69) is 4.98 Å². The fourth-order valence-corrected chi connectivity index (χ4v) is 1.89. The van der Waals surface area contributed by atoms with Crippen molar-refractivity contribution >= 4 is 22.9 Å². The highest BCUT2D eigenvalue weighted by Gasteiger charge is 2.07. The molecule has 0 fully saturated rings. The van der Waals surface area contributed by atoms with Crippen molar-refractivity contribution in [3.8, 4) is 16.7 Å². The van der Waals surface area contributed by atoms with Crippen LogP contribution in [0.5, 0.6) is 16.7 Å². The summed E-state index contributed by atoms with van der Waals surface area (Å²) in [6, 6.07) is 5.09. The summed E-state index contributed by atoms with van der Waals surface area (Å²) >= 11 is 6.98. The number of hydrogen-bond acceptors (Lipinski definition) is 4. The lowest BCUT2D eigenvalue weighted by molar-refractivity contribution is 0.447. The Balaban J connectivity index is 2.28. The first-order valence-corrected chi connectivity index (χ1v) is 5.50. The summed E-state index contributed by atoms with van der Waals surface area (Å²) in [4.78, 5) is 3.96. The first-order valence-electron chi connectivity index (χ1n) is 4.24. The molecule has 0 saturated heterocycles. The second-order valence-electron chi connectivity index (χ2n) is 2.94. The molecular formula is C10H8ClNO2S. The van der Waals surface area contributed by atoms with Gasteiger partial charge in [-0.05, 0) is 19.1 Å². The molecule has 1 heterocycles. The largest absolute Gasteiger partial charge is 0.508 e. The number of phenols is 1. The lowest BCUT2D eigenvalue weighted by Crippen LogP contribution is -1.86. The van der Waals surface area contributed by atoms with Crippen molar-refractivity contribution in [2.45, 2.75) is 6.92 Å². The van der Waals surface area contributed by atoms with Crippen LogP contribution in [0.2, 0.25) is 5.15 Å². The summed E-state index contributed by atoms with van der Waals surface area (Å²) in [5.74, 6) is 0.788. The first-order chi connectivity index (χ1) is 7.16. The summed E-state index contributed by atoms with van der Waals surface area (Å²) in [5, 5.41) is 12.0. The summed E-state index contributed by atoms with van der Waals surface area (Å²) in [6.07, 6.45) is 0. The van der Waals surface area contributed by atoms with Gasteiger partial charge < -0.3 is 9.84 Å². The van der Waals surface area contributed by atoms with Crippen LogP contribution in [0.15, 0.2) is 23.6 Å². The van der Waals surface area contributed by atoms with Crippen LogP contribution in [0.25, 0.3) is 0 Å². The van der Waals surface area contributed by atoms with Gasteiger partial charge in [-0.15, -0.1) is 0 Å². The van der Waals surface area contributed by atoms with Crippen molar-refractivity contribution in [3.63, 3.8) is 0 Å². The Morgan fingerprint density at radius 2 is 2.27 bits per heavy atom. The van der Waals surface area contributed by atoms with Crippen LogP contribution in [-0.2, 0) is 0 Å². The van der Waals surface area contributed by atoms with Crippen molar-refractivity contribution in [1.29, 1.82) is 0 Å². The summed E-state index contributed by atoms with van der Waals surface area (Å²) in [7, 11) is 0. The van der Waals surface area contributed by atoms with Crippen LogP contribution in [0.3, 0.4) is 0 Å².